The topological polar surface area (TPSA) is 30.5 Å². The Balaban J connectivity index is 1.72. The van der Waals surface area contributed by atoms with Gasteiger partial charge in [0.1, 0.15) is 0 Å². The van der Waals surface area contributed by atoms with E-state index in [-0.39, 0.29) is 0 Å². The summed E-state index contributed by atoms with van der Waals surface area (Å²) in [6.07, 6.45) is 5.95. The van der Waals surface area contributed by atoms with Crippen LogP contribution in [0.5, 0.6) is 0 Å². The van der Waals surface area contributed by atoms with Crippen LogP contribution in [-0.4, -0.2) is 37.5 Å². The maximum Gasteiger partial charge on any atom is 0.0626 e. The Morgan fingerprint density at radius 3 is 2.41 bits per heavy atom. The summed E-state index contributed by atoms with van der Waals surface area (Å²) in [5.41, 5.74) is 0. The zero-order valence-corrected chi connectivity index (χ0v) is 11.4. The lowest BCUT2D eigenvalue weighted by atomic mass is 10.0. The van der Waals surface area contributed by atoms with Gasteiger partial charge in [0.2, 0.25) is 0 Å². The molecule has 3 nitrogen and oxygen atoms in total. The summed E-state index contributed by atoms with van der Waals surface area (Å²) in [5, 5.41) is 3.55. The van der Waals surface area contributed by atoms with Gasteiger partial charge < -0.3 is 14.8 Å². The summed E-state index contributed by atoms with van der Waals surface area (Å²) in [5.74, 6) is 0.865. The normalized spacial score (nSPS) is 35.8. The van der Waals surface area contributed by atoms with Gasteiger partial charge in [0.25, 0.3) is 0 Å². The van der Waals surface area contributed by atoms with Crippen molar-refractivity contribution in [1.82, 2.24) is 5.32 Å². The minimum atomic E-state index is 0.349. The van der Waals surface area contributed by atoms with Crippen molar-refractivity contribution in [2.45, 2.75) is 70.8 Å². The third-order valence-electron chi connectivity index (χ3n) is 3.82. The highest BCUT2D eigenvalue weighted by Crippen LogP contribution is 2.33. The third-order valence-corrected chi connectivity index (χ3v) is 3.82. The van der Waals surface area contributed by atoms with Gasteiger partial charge in [-0.05, 0) is 52.0 Å². The van der Waals surface area contributed by atoms with Crippen molar-refractivity contribution in [3.8, 4) is 0 Å². The van der Waals surface area contributed by atoms with Crippen LogP contribution >= 0.6 is 0 Å². The third kappa shape index (κ3) is 4.23. The highest BCUT2D eigenvalue weighted by Gasteiger charge is 2.32. The van der Waals surface area contributed by atoms with E-state index in [1.807, 2.05) is 0 Å². The van der Waals surface area contributed by atoms with Crippen molar-refractivity contribution >= 4 is 0 Å². The molecule has 2 aliphatic rings. The van der Waals surface area contributed by atoms with E-state index in [1.54, 1.807) is 0 Å². The molecule has 1 heterocycles. The van der Waals surface area contributed by atoms with E-state index in [4.69, 9.17) is 9.47 Å². The molecule has 3 atom stereocenters. The molecule has 0 bridgehead atoms. The molecule has 100 valence electrons. The number of hydrogen-bond acceptors (Lipinski definition) is 3. The zero-order chi connectivity index (χ0) is 12.3. The van der Waals surface area contributed by atoms with E-state index in [1.165, 1.54) is 12.8 Å². The lowest BCUT2D eigenvalue weighted by Crippen LogP contribution is -2.40. The first kappa shape index (κ1) is 13.3. The summed E-state index contributed by atoms with van der Waals surface area (Å²) < 4.78 is 11.8. The summed E-state index contributed by atoms with van der Waals surface area (Å²) in [7, 11) is 0. The SMILES string of the molecule is CCNC(COC1CC(C)OC(C)C1)C1CC1. The fraction of sp³-hybridized carbons (Fsp3) is 1.00. The molecule has 1 aliphatic heterocycles. The molecule has 0 aromatic carbocycles. The van der Waals surface area contributed by atoms with Gasteiger partial charge in [-0.2, -0.15) is 0 Å². The average molecular weight is 241 g/mol. The van der Waals surface area contributed by atoms with Gasteiger partial charge in [-0.1, -0.05) is 6.92 Å². The predicted molar refractivity (Wildman–Crippen MR) is 69.2 cm³/mol. The monoisotopic (exact) mass is 241 g/mol. The number of likely N-dealkylation sites (N-methyl/N-ethyl adjacent to an activating group) is 1. The Hall–Kier alpha value is -0.120. The van der Waals surface area contributed by atoms with Crippen molar-refractivity contribution in [2.75, 3.05) is 13.2 Å². The Morgan fingerprint density at radius 1 is 1.24 bits per heavy atom. The van der Waals surface area contributed by atoms with E-state index in [0.717, 1.165) is 31.9 Å². The lowest BCUT2D eigenvalue weighted by Gasteiger charge is -2.33. The Morgan fingerprint density at radius 2 is 1.88 bits per heavy atom. The molecule has 0 aromatic rings. The number of ether oxygens (including phenoxy) is 2. The van der Waals surface area contributed by atoms with E-state index < -0.39 is 0 Å². The maximum atomic E-state index is 6.10. The summed E-state index contributed by atoms with van der Waals surface area (Å²) >= 11 is 0. The van der Waals surface area contributed by atoms with Crippen LogP contribution in [0.25, 0.3) is 0 Å². The second kappa shape index (κ2) is 6.17. The molecule has 2 rings (SSSR count). The highest BCUT2D eigenvalue weighted by molar-refractivity contribution is 4.86. The van der Waals surface area contributed by atoms with Crippen LogP contribution in [-0.2, 0) is 9.47 Å². The molecule has 0 amide bonds. The van der Waals surface area contributed by atoms with Gasteiger partial charge >= 0.3 is 0 Å². The molecule has 0 radical (unpaired) electrons. The Kier molecular flexibility index (Phi) is 4.83. The fourth-order valence-electron chi connectivity index (χ4n) is 2.84. The molecule has 1 aliphatic carbocycles. The van der Waals surface area contributed by atoms with Gasteiger partial charge in [0, 0.05) is 6.04 Å². The van der Waals surface area contributed by atoms with Crippen LogP contribution in [0.15, 0.2) is 0 Å². The van der Waals surface area contributed by atoms with Crippen molar-refractivity contribution < 1.29 is 9.47 Å². The molecule has 3 heteroatoms. The first-order valence-electron chi connectivity index (χ1n) is 7.19. The van der Waals surface area contributed by atoms with Crippen molar-refractivity contribution in [2.24, 2.45) is 5.92 Å². The summed E-state index contributed by atoms with van der Waals surface area (Å²) in [6.45, 7) is 8.39. The Bertz CT molecular complexity index is 220. The Labute approximate surface area is 105 Å². The van der Waals surface area contributed by atoms with Crippen LogP contribution in [0.2, 0.25) is 0 Å². The number of hydrogen-bond donors (Lipinski definition) is 1. The van der Waals surface area contributed by atoms with Gasteiger partial charge in [-0.3, -0.25) is 0 Å². The van der Waals surface area contributed by atoms with Gasteiger partial charge in [-0.15, -0.1) is 0 Å². The van der Waals surface area contributed by atoms with Gasteiger partial charge in [-0.25, -0.2) is 0 Å². The quantitative estimate of drug-likeness (QED) is 0.774. The molecular weight excluding hydrogens is 214 g/mol. The number of nitrogens with one attached hydrogen (secondary N) is 1. The van der Waals surface area contributed by atoms with Gasteiger partial charge in [0.05, 0.1) is 24.9 Å². The van der Waals surface area contributed by atoms with E-state index in [0.29, 0.717) is 24.4 Å². The van der Waals surface area contributed by atoms with E-state index >= 15 is 0 Å². The first-order chi connectivity index (χ1) is 8.19. The standard InChI is InChI=1S/C14H27NO2/c1-4-15-14(12-5-6-12)9-16-13-7-10(2)17-11(3)8-13/h10-15H,4-9H2,1-3H3. The zero-order valence-electron chi connectivity index (χ0n) is 11.4. The highest BCUT2D eigenvalue weighted by atomic mass is 16.5. The average Bonchev–Trinajstić information content (AvgIpc) is 3.06. The first-order valence-corrected chi connectivity index (χ1v) is 7.19. The molecule has 0 aromatic heterocycles. The second-order valence-corrected chi connectivity index (χ2v) is 5.69. The van der Waals surface area contributed by atoms with Crippen molar-refractivity contribution in [3.63, 3.8) is 0 Å². The molecule has 1 saturated heterocycles. The van der Waals surface area contributed by atoms with Crippen LogP contribution in [0.3, 0.4) is 0 Å². The molecule has 3 unspecified atom stereocenters. The van der Waals surface area contributed by atoms with Gasteiger partial charge in [0.15, 0.2) is 0 Å². The van der Waals surface area contributed by atoms with Crippen LogP contribution < -0.4 is 5.32 Å². The summed E-state index contributed by atoms with van der Waals surface area (Å²) in [6, 6.07) is 0.577. The molecule has 2 fully saturated rings. The van der Waals surface area contributed by atoms with Crippen molar-refractivity contribution in [3.05, 3.63) is 0 Å². The van der Waals surface area contributed by atoms with Crippen molar-refractivity contribution in [1.29, 1.82) is 0 Å². The van der Waals surface area contributed by atoms with E-state index in [9.17, 15) is 0 Å². The maximum absolute atomic E-state index is 6.10. The summed E-state index contributed by atoms with van der Waals surface area (Å²) in [4.78, 5) is 0. The van der Waals surface area contributed by atoms with Crippen LogP contribution in [0, 0.1) is 5.92 Å². The minimum Gasteiger partial charge on any atom is -0.376 e. The lowest BCUT2D eigenvalue weighted by molar-refractivity contribution is -0.105. The second-order valence-electron chi connectivity index (χ2n) is 5.69. The predicted octanol–water partition coefficient (Wildman–Crippen LogP) is 2.35. The molecule has 1 N–H and O–H groups in total. The smallest absolute Gasteiger partial charge is 0.0626 e. The van der Waals surface area contributed by atoms with Crippen LogP contribution in [0.4, 0.5) is 0 Å². The minimum absolute atomic E-state index is 0.349. The molecule has 0 spiro atoms. The molecule has 1 saturated carbocycles. The largest absolute Gasteiger partial charge is 0.376 e. The van der Waals surface area contributed by atoms with Crippen LogP contribution in [0.1, 0.15) is 46.5 Å². The fourth-order valence-corrected chi connectivity index (χ4v) is 2.84. The molecule has 17 heavy (non-hydrogen) atoms. The molecular formula is C14H27NO2. The number of rotatable bonds is 6. The van der Waals surface area contributed by atoms with E-state index in [2.05, 4.69) is 26.1 Å².